The van der Waals surface area contributed by atoms with Gasteiger partial charge >= 0.3 is 0 Å². The number of carbonyl (C=O) groups excluding carboxylic acids is 1. The second-order valence-electron chi connectivity index (χ2n) is 5.81. The molecule has 0 saturated heterocycles. The van der Waals surface area contributed by atoms with Gasteiger partial charge in [-0.1, -0.05) is 0 Å². The highest BCUT2D eigenvalue weighted by Crippen LogP contribution is 2.15. The Morgan fingerprint density at radius 1 is 1.17 bits per heavy atom. The zero-order chi connectivity index (χ0) is 17.9. The smallest absolute Gasteiger partial charge is 0.240 e. The number of hydrogen-bond acceptors (Lipinski definition) is 3. The van der Waals surface area contributed by atoms with Gasteiger partial charge in [-0.2, -0.15) is 0 Å². The maximum absolute atomic E-state index is 12.3. The van der Waals surface area contributed by atoms with Gasteiger partial charge < -0.3 is 9.88 Å². The SMILES string of the molecule is CC(=O)Nc1ccc(S(=O)(=O)NCCc2cc(C)n(C)c2C)cc1. The maximum atomic E-state index is 12.3. The number of amides is 1. The molecule has 2 aromatic rings. The van der Waals surface area contributed by atoms with Gasteiger partial charge in [-0.3, -0.25) is 4.79 Å². The van der Waals surface area contributed by atoms with Crippen molar-refractivity contribution in [2.75, 3.05) is 11.9 Å². The van der Waals surface area contributed by atoms with Crippen LogP contribution in [0.1, 0.15) is 23.9 Å². The normalized spacial score (nSPS) is 11.5. The number of sulfonamides is 1. The third kappa shape index (κ3) is 4.24. The number of aryl methyl sites for hydroxylation is 1. The van der Waals surface area contributed by atoms with Crippen LogP contribution in [0.25, 0.3) is 0 Å². The van der Waals surface area contributed by atoms with Crippen molar-refractivity contribution in [3.05, 3.63) is 47.3 Å². The number of rotatable bonds is 6. The van der Waals surface area contributed by atoms with Gasteiger partial charge in [0, 0.05) is 37.6 Å². The summed E-state index contributed by atoms with van der Waals surface area (Å²) in [6, 6.07) is 8.17. The van der Waals surface area contributed by atoms with Crippen molar-refractivity contribution in [3.8, 4) is 0 Å². The number of hydrogen-bond donors (Lipinski definition) is 2. The van der Waals surface area contributed by atoms with E-state index in [1.807, 2.05) is 20.9 Å². The Kier molecular flexibility index (Phi) is 5.46. The van der Waals surface area contributed by atoms with Gasteiger partial charge in [-0.15, -0.1) is 0 Å². The van der Waals surface area contributed by atoms with Crippen molar-refractivity contribution in [2.45, 2.75) is 32.1 Å². The first-order valence-electron chi connectivity index (χ1n) is 7.70. The Morgan fingerprint density at radius 2 is 1.79 bits per heavy atom. The van der Waals surface area contributed by atoms with Gasteiger partial charge in [0.2, 0.25) is 15.9 Å². The minimum Gasteiger partial charge on any atom is -0.352 e. The molecule has 24 heavy (non-hydrogen) atoms. The van der Waals surface area contributed by atoms with Crippen molar-refractivity contribution in [1.29, 1.82) is 0 Å². The van der Waals surface area contributed by atoms with E-state index < -0.39 is 10.0 Å². The zero-order valence-electron chi connectivity index (χ0n) is 14.4. The predicted molar refractivity (Wildman–Crippen MR) is 94.5 cm³/mol. The van der Waals surface area contributed by atoms with Crippen LogP contribution >= 0.6 is 0 Å². The van der Waals surface area contributed by atoms with Crippen molar-refractivity contribution >= 4 is 21.6 Å². The lowest BCUT2D eigenvalue weighted by Crippen LogP contribution is -2.26. The Balaban J connectivity index is 2.00. The van der Waals surface area contributed by atoms with Gasteiger partial charge in [0.15, 0.2) is 0 Å². The van der Waals surface area contributed by atoms with Crippen molar-refractivity contribution < 1.29 is 13.2 Å². The van der Waals surface area contributed by atoms with E-state index in [0.717, 1.165) is 17.0 Å². The molecule has 0 saturated carbocycles. The molecule has 7 heteroatoms. The highest BCUT2D eigenvalue weighted by atomic mass is 32.2. The lowest BCUT2D eigenvalue weighted by atomic mass is 10.2. The minimum absolute atomic E-state index is 0.178. The summed E-state index contributed by atoms with van der Waals surface area (Å²) in [5.74, 6) is -0.197. The molecule has 0 aliphatic heterocycles. The molecule has 1 aromatic heterocycles. The molecule has 1 amide bonds. The molecule has 2 rings (SSSR count). The summed E-state index contributed by atoms with van der Waals surface area (Å²) in [7, 11) is -1.57. The Hall–Kier alpha value is -2.12. The van der Waals surface area contributed by atoms with E-state index in [4.69, 9.17) is 0 Å². The molecule has 1 aromatic carbocycles. The quantitative estimate of drug-likeness (QED) is 0.838. The molecule has 1 heterocycles. The van der Waals surface area contributed by atoms with E-state index in [1.165, 1.54) is 19.1 Å². The van der Waals surface area contributed by atoms with Gasteiger partial charge in [-0.25, -0.2) is 13.1 Å². The summed E-state index contributed by atoms with van der Waals surface area (Å²) in [5, 5.41) is 2.61. The monoisotopic (exact) mass is 349 g/mol. The summed E-state index contributed by atoms with van der Waals surface area (Å²) in [6.07, 6.45) is 0.636. The number of carbonyl (C=O) groups is 1. The molecule has 0 aliphatic carbocycles. The predicted octanol–water partition coefficient (Wildman–Crippen LogP) is 2.12. The Bertz CT molecular complexity index is 837. The molecule has 6 nitrogen and oxygen atoms in total. The maximum Gasteiger partial charge on any atom is 0.240 e. The number of anilines is 1. The highest BCUT2D eigenvalue weighted by Gasteiger charge is 2.14. The first-order chi connectivity index (χ1) is 11.2. The van der Waals surface area contributed by atoms with Crippen molar-refractivity contribution in [3.63, 3.8) is 0 Å². The third-order valence-corrected chi connectivity index (χ3v) is 5.53. The van der Waals surface area contributed by atoms with E-state index in [1.54, 1.807) is 12.1 Å². The van der Waals surface area contributed by atoms with Crippen molar-refractivity contribution in [1.82, 2.24) is 9.29 Å². The van der Waals surface area contributed by atoms with Crippen LogP contribution in [-0.2, 0) is 28.3 Å². The van der Waals surface area contributed by atoms with E-state index >= 15 is 0 Å². The molecule has 0 aliphatic rings. The lowest BCUT2D eigenvalue weighted by molar-refractivity contribution is -0.114. The van der Waals surface area contributed by atoms with Crippen LogP contribution in [0.15, 0.2) is 35.2 Å². The molecular weight excluding hydrogens is 326 g/mol. The summed E-state index contributed by atoms with van der Waals surface area (Å²) < 4.78 is 29.3. The van der Waals surface area contributed by atoms with Crippen molar-refractivity contribution in [2.24, 2.45) is 7.05 Å². The Morgan fingerprint density at radius 3 is 2.29 bits per heavy atom. The lowest BCUT2D eigenvalue weighted by Gasteiger charge is -2.08. The van der Waals surface area contributed by atoms with Gasteiger partial charge in [0.1, 0.15) is 0 Å². The Labute approximate surface area is 142 Å². The molecule has 0 atom stereocenters. The summed E-state index contributed by atoms with van der Waals surface area (Å²) in [6.45, 7) is 5.79. The zero-order valence-corrected chi connectivity index (χ0v) is 15.2. The second-order valence-corrected chi connectivity index (χ2v) is 7.58. The van der Waals surface area contributed by atoms with Crippen LogP contribution in [0.3, 0.4) is 0 Å². The molecule has 2 N–H and O–H groups in total. The molecule has 0 unspecified atom stereocenters. The van der Waals surface area contributed by atoms with Crippen LogP contribution in [0.5, 0.6) is 0 Å². The highest BCUT2D eigenvalue weighted by molar-refractivity contribution is 7.89. The third-order valence-electron chi connectivity index (χ3n) is 4.05. The minimum atomic E-state index is -3.56. The van der Waals surface area contributed by atoms with Gasteiger partial charge in [0.25, 0.3) is 0 Å². The molecule has 130 valence electrons. The summed E-state index contributed by atoms with van der Waals surface area (Å²) >= 11 is 0. The molecule has 0 radical (unpaired) electrons. The van der Waals surface area contributed by atoms with E-state index in [0.29, 0.717) is 18.7 Å². The molecule has 0 bridgehead atoms. The first kappa shape index (κ1) is 18.2. The van der Waals surface area contributed by atoms with Gasteiger partial charge in [0.05, 0.1) is 4.90 Å². The molecular formula is C17H23N3O3S. The van der Waals surface area contributed by atoms with Crippen LogP contribution in [-0.4, -0.2) is 25.4 Å². The van der Waals surface area contributed by atoms with Crippen LogP contribution in [0, 0.1) is 13.8 Å². The topological polar surface area (TPSA) is 80.2 Å². The summed E-state index contributed by atoms with van der Waals surface area (Å²) in [4.78, 5) is 11.2. The number of nitrogens with zero attached hydrogens (tertiary/aromatic N) is 1. The standard InChI is InChI=1S/C17H23N3O3S/c1-12-11-15(13(2)20(12)4)9-10-18-24(22,23)17-7-5-16(6-8-17)19-14(3)21/h5-8,11,18H,9-10H2,1-4H3,(H,19,21). The van der Waals surface area contributed by atoms with Gasteiger partial charge in [-0.05, 0) is 56.2 Å². The molecule has 0 spiro atoms. The van der Waals surface area contributed by atoms with E-state index in [-0.39, 0.29) is 10.8 Å². The van der Waals surface area contributed by atoms with Crippen LogP contribution in [0.4, 0.5) is 5.69 Å². The number of nitrogens with one attached hydrogen (secondary N) is 2. The average Bonchev–Trinajstić information content (AvgIpc) is 2.74. The fraction of sp³-hybridized carbons (Fsp3) is 0.353. The fourth-order valence-corrected chi connectivity index (χ4v) is 3.54. The number of aromatic nitrogens is 1. The summed E-state index contributed by atoms with van der Waals surface area (Å²) in [5.41, 5.74) is 4.00. The number of benzene rings is 1. The first-order valence-corrected chi connectivity index (χ1v) is 9.18. The van der Waals surface area contributed by atoms with E-state index in [2.05, 4.69) is 20.7 Å². The fourth-order valence-electron chi connectivity index (χ4n) is 2.51. The molecule has 0 fully saturated rings. The second kappa shape index (κ2) is 7.19. The van der Waals surface area contributed by atoms with E-state index in [9.17, 15) is 13.2 Å². The van der Waals surface area contributed by atoms with Crippen LogP contribution in [0.2, 0.25) is 0 Å². The largest absolute Gasteiger partial charge is 0.352 e. The van der Waals surface area contributed by atoms with Crippen LogP contribution < -0.4 is 10.0 Å². The average molecular weight is 349 g/mol.